The van der Waals surface area contributed by atoms with Gasteiger partial charge in [0.1, 0.15) is 0 Å². The Bertz CT molecular complexity index is 629. The van der Waals surface area contributed by atoms with Crippen LogP contribution in [0.1, 0.15) is 40.5 Å². The number of Topliss-reactive ketones (excluding diaryl/α,β-unsaturated/α-hetero) is 2. The molecule has 0 aromatic heterocycles. The number of ketones is 2. The van der Waals surface area contributed by atoms with E-state index in [4.69, 9.17) is 10.00 Å². The average molecular weight is 271 g/mol. The van der Waals surface area contributed by atoms with Gasteiger partial charge in [-0.05, 0) is 6.92 Å². The molecule has 0 aliphatic heterocycles. The van der Waals surface area contributed by atoms with Crippen LogP contribution in [-0.4, -0.2) is 24.1 Å². The van der Waals surface area contributed by atoms with Crippen molar-refractivity contribution in [3.63, 3.8) is 0 Å². The Balaban J connectivity index is 2.56. The zero-order valence-corrected chi connectivity index (χ0v) is 11.0. The fraction of sp³-hybridized carbons (Fsp3) is 0.333. The van der Waals surface area contributed by atoms with E-state index in [0.717, 1.165) is 0 Å². The predicted octanol–water partition coefficient (Wildman–Crippen LogP) is 1.92. The fourth-order valence-electron chi connectivity index (χ4n) is 2.42. The number of fused-ring (bicyclic) bond motifs is 1. The number of nitrogens with zero attached hydrogens (tertiary/aromatic N) is 1. The first-order valence-corrected chi connectivity index (χ1v) is 6.28. The summed E-state index contributed by atoms with van der Waals surface area (Å²) in [5.74, 6) is -1.62. The summed E-state index contributed by atoms with van der Waals surface area (Å²) in [4.78, 5) is 36.9. The molecule has 20 heavy (non-hydrogen) atoms. The molecular weight excluding hydrogens is 258 g/mol. The molecule has 0 saturated heterocycles. The quantitative estimate of drug-likeness (QED) is 0.619. The van der Waals surface area contributed by atoms with Crippen LogP contribution in [0.3, 0.4) is 0 Å². The number of rotatable bonds is 3. The second-order valence-electron chi connectivity index (χ2n) is 4.61. The van der Waals surface area contributed by atoms with Gasteiger partial charge in [-0.25, -0.2) is 0 Å². The summed E-state index contributed by atoms with van der Waals surface area (Å²) in [6.45, 7) is 1.70. The minimum absolute atomic E-state index is 0.0924. The molecule has 0 amide bonds. The largest absolute Gasteiger partial charge is 0.465 e. The molecule has 1 atom stereocenters. The van der Waals surface area contributed by atoms with E-state index in [1.807, 2.05) is 6.07 Å². The monoisotopic (exact) mass is 271 g/mol. The molecule has 0 heterocycles. The van der Waals surface area contributed by atoms with E-state index in [0.29, 0.717) is 5.56 Å². The second-order valence-corrected chi connectivity index (χ2v) is 4.61. The highest BCUT2D eigenvalue weighted by Gasteiger charge is 2.52. The third-order valence-corrected chi connectivity index (χ3v) is 3.42. The SMILES string of the molecule is CCOC(=O)C1(CC#N)CC(=O)c2ccccc2C1=O. The van der Waals surface area contributed by atoms with Crippen LogP contribution >= 0.6 is 0 Å². The Hall–Kier alpha value is -2.48. The third-order valence-electron chi connectivity index (χ3n) is 3.42. The topological polar surface area (TPSA) is 84.2 Å². The molecule has 5 nitrogen and oxygen atoms in total. The summed E-state index contributed by atoms with van der Waals surface area (Å²) in [6.07, 6.45) is -0.667. The lowest BCUT2D eigenvalue weighted by molar-refractivity contribution is -0.152. The number of hydrogen-bond acceptors (Lipinski definition) is 5. The molecule has 0 spiro atoms. The van der Waals surface area contributed by atoms with E-state index >= 15 is 0 Å². The molecule has 102 valence electrons. The number of esters is 1. The average Bonchev–Trinajstić information content (AvgIpc) is 2.45. The van der Waals surface area contributed by atoms with Gasteiger partial charge in [0.25, 0.3) is 0 Å². The van der Waals surface area contributed by atoms with E-state index in [1.165, 1.54) is 6.07 Å². The highest BCUT2D eigenvalue weighted by atomic mass is 16.5. The van der Waals surface area contributed by atoms with Crippen LogP contribution < -0.4 is 0 Å². The van der Waals surface area contributed by atoms with Crippen LogP contribution in [0.2, 0.25) is 0 Å². The Morgan fingerprint density at radius 3 is 2.60 bits per heavy atom. The van der Waals surface area contributed by atoms with Gasteiger partial charge in [-0.1, -0.05) is 24.3 Å². The molecule has 0 N–H and O–H groups in total. The number of nitriles is 1. The molecule has 1 unspecified atom stereocenters. The Labute approximate surface area is 116 Å². The molecule has 0 radical (unpaired) electrons. The molecule has 2 rings (SSSR count). The normalized spacial score (nSPS) is 21.0. The number of carbonyl (C=O) groups is 3. The van der Waals surface area contributed by atoms with E-state index in [9.17, 15) is 14.4 Å². The van der Waals surface area contributed by atoms with Gasteiger partial charge in [0.05, 0.1) is 19.1 Å². The van der Waals surface area contributed by atoms with Crippen LogP contribution in [0.25, 0.3) is 0 Å². The van der Waals surface area contributed by atoms with Crippen molar-refractivity contribution in [1.82, 2.24) is 0 Å². The maximum absolute atomic E-state index is 12.6. The summed E-state index contributed by atoms with van der Waals surface area (Å²) in [7, 11) is 0. The highest BCUT2D eigenvalue weighted by Crippen LogP contribution is 2.39. The van der Waals surface area contributed by atoms with Gasteiger partial charge < -0.3 is 4.74 Å². The third kappa shape index (κ3) is 1.99. The van der Waals surface area contributed by atoms with E-state index in [1.54, 1.807) is 25.1 Å². The number of benzene rings is 1. The van der Waals surface area contributed by atoms with Gasteiger partial charge in [0, 0.05) is 17.5 Å². The molecule has 5 heteroatoms. The van der Waals surface area contributed by atoms with E-state index in [-0.39, 0.29) is 30.8 Å². The van der Waals surface area contributed by atoms with Crippen molar-refractivity contribution in [3.8, 4) is 6.07 Å². The first kappa shape index (κ1) is 13.9. The van der Waals surface area contributed by atoms with Gasteiger partial charge in [-0.2, -0.15) is 5.26 Å². The summed E-state index contributed by atoms with van der Waals surface area (Å²) in [5, 5.41) is 8.93. The Morgan fingerprint density at radius 1 is 1.35 bits per heavy atom. The van der Waals surface area contributed by atoms with Crippen LogP contribution in [-0.2, 0) is 9.53 Å². The Kier molecular flexibility index (Phi) is 3.66. The van der Waals surface area contributed by atoms with E-state index in [2.05, 4.69) is 0 Å². The molecule has 0 saturated carbocycles. The maximum atomic E-state index is 12.6. The van der Waals surface area contributed by atoms with Gasteiger partial charge in [-0.15, -0.1) is 0 Å². The summed E-state index contributed by atoms with van der Waals surface area (Å²) < 4.78 is 4.91. The molecule has 1 aliphatic rings. The predicted molar refractivity (Wildman–Crippen MR) is 69.0 cm³/mol. The van der Waals surface area contributed by atoms with E-state index < -0.39 is 17.2 Å². The molecule has 0 bridgehead atoms. The zero-order valence-electron chi connectivity index (χ0n) is 11.0. The highest BCUT2D eigenvalue weighted by molar-refractivity contribution is 6.23. The maximum Gasteiger partial charge on any atom is 0.321 e. The van der Waals surface area contributed by atoms with Gasteiger partial charge in [0.15, 0.2) is 17.0 Å². The fourth-order valence-corrected chi connectivity index (χ4v) is 2.42. The van der Waals surface area contributed by atoms with Crippen LogP contribution in [0.15, 0.2) is 24.3 Å². The van der Waals surface area contributed by atoms with Gasteiger partial charge in [-0.3, -0.25) is 14.4 Å². The lowest BCUT2D eigenvalue weighted by Crippen LogP contribution is -2.46. The molecular formula is C15H13NO4. The van der Waals surface area contributed by atoms with Crippen LogP contribution in [0.4, 0.5) is 0 Å². The van der Waals surface area contributed by atoms with Crippen LogP contribution in [0.5, 0.6) is 0 Å². The van der Waals surface area contributed by atoms with Crippen molar-refractivity contribution in [1.29, 1.82) is 5.26 Å². The van der Waals surface area contributed by atoms with Crippen molar-refractivity contribution < 1.29 is 19.1 Å². The lowest BCUT2D eigenvalue weighted by atomic mass is 9.68. The molecule has 1 aromatic carbocycles. The first-order chi connectivity index (χ1) is 9.56. The number of ether oxygens (including phenoxy) is 1. The standard InChI is InChI=1S/C15H13NO4/c1-2-20-14(19)15(7-8-16)9-12(17)10-5-3-4-6-11(10)13(15)18/h3-6H,2,7,9H2,1H3. The van der Waals surface area contributed by atoms with Gasteiger partial charge >= 0.3 is 5.97 Å². The van der Waals surface area contributed by atoms with Crippen molar-refractivity contribution in [3.05, 3.63) is 35.4 Å². The van der Waals surface area contributed by atoms with Crippen molar-refractivity contribution in [2.75, 3.05) is 6.61 Å². The Morgan fingerprint density at radius 2 is 2.00 bits per heavy atom. The molecule has 1 aliphatic carbocycles. The van der Waals surface area contributed by atoms with Crippen molar-refractivity contribution in [2.45, 2.75) is 19.8 Å². The number of carbonyl (C=O) groups excluding carboxylic acids is 3. The van der Waals surface area contributed by atoms with Gasteiger partial charge in [0.2, 0.25) is 0 Å². The summed E-state index contributed by atoms with van der Waals surface area (Å²) in [6, 6.07) is 8.16. The number of hydrogen-bond donors (Lipinski definition) is 0. The minimum Gasteiger partial charge on any atom is -0.465 e. The lowest BCUT2D eigenvalue weighted by Gasteiger charge is -2.31. The smallest absolute Gasteiger partial charge is 0.321 e. The minimum atomic E-state index is -1.70. The first-order valence-electron chi connectivity index (χ1n) is 6.28. The molecule has 1 aromatic rings. The van der Waals surface area contributed by atoms with Crippen LogP contribution in [0, 0.1) is 16.7 Å². The molecule has 0 fully saturated rings. The zero-order chi connectivity index (χ0) is 14.8. The second kappa shape index (κ2) is 5.25. The summed E-state index contributed by atoms with van der Waals surface area (Å²) >= 11 is 0. The van der Waals surface area contributed by atoms with Crippen molar-refractivity contribution >= 4 is 17.5 Å². The van der Waals surface area contributed by atoms with Crippen molar-refractivity contribution in [2.24, 2.45) is 5.41 Å². The summed E-state index contributed by atoms with van der Waals surface area (Å²) in [5.41, 5.74) is -1.21.